The van der Waals surface area contributed by atoms with Crippen molar-refractivity contribution in [2.24, 2.45) is 5.41 Å². The highest BCUT2D eigenvalue weighted by atomic mass is 79.9. The van der Waals surface area contributed by atoms with Gasteiger partial charge in [-0.15, -0.1) is 11.6 Å². The van der Waals surface area contributed by atoms with Crippen molar-refractivity contribution < 1.29 is 0 Å². The third kappa shape index (κ3) is 6.77. The lowest BCUT2D eigenvalue weighted by atomic mass is 9.94. The van der Waals surface area contributed by atoms with Crippen molar-refractivity contribution in [1.82, 2.24) is 0 Å². The van der Waals surface area contributed by atoms with Crippen LogP contribution in [0.4, 0.5) is 0 Å². The van der Waals surface area contributed by atoms with Crippen LogP contribution >= 0.6 is 27.5 Å². The van der Waals surface area contributed by atoms with Gasteiger partial charge < -0.3 is 0 Å². The highest BCUT2D eigenvalue weighted by molar-refractivity contribution is 9.10. The Kier molecular flexibility index (Phi) is 3.37. The van der Waals surface area contributed by atoms with Gasteiger partial charge in [-0.3, -0.25) is 0 Å². The molecule has 1 atom stereocenters. The molecule has 0 nitrogen and oxygen atoms in total. The lowest BCUT2D eigenvalue weighted by Crippen LogP contribution is -2.08. The molecule has 0 aliphatic carbocycles. The largest absolute Gasteiger partial charge is 0.110 e. The molecule has 0 aliphatic heterocycles. The fraction of sp³-hybridized carbons (Fsp3) is 1.00. The van der Waals surface area contributed by atoms with Gasteiger partial charge in [0.1, 0.15) is 0 Å². The Bertz CT molecular complexity index is 63.4. The summed E-state index contributed by atoms with van der Waals surface area (Å²) in [7, 11) is 0. The molecule has 0 saturated carbocycles. The van der Waals surface area contributed by atoms with Gasteiger partial charge >= 0.3 is 0 Å². The molecule has 0 rings (SSSR count). The Hall–Kier alpha value is 0.770. The van der Waals surface area contributed by atoms with Crippen molar-refractivity contribution in [2.45, 2.75) is 31.5 Å². The molecule has 0 fully saturated rings. The standard InChI is InChI=1S/C6H12BrCl/c1-6(2,3)4-5(7)8/h5H,4H2,1-3H3. The summed E-state index contributed by atoms with van der Waals surface area (Å²) >= 11 is 8.95. The summed E-state index contributed by atoms with van der Waals surface area (Å²) in [5.41, 5.74) is 0.343. The van der Waals surface area contributed by atoms with Crippen molar-refractivity contribution in [3.63, 3.8) is 0 Å². The number of hydrogen-bond donors (Lipinski definition) is 0. The Labute approximate surface area is 64.7 Å². The topological polar surface area (TPSA) is 0 Å². The predicted octanol–water partition coefficient (Wildman–Crippen LogP) is 3.38. The maximum Gasteiger partial charge on any atom is 0.0891 e. The van der Waals surface area contributed by atoms with E-state index in [0.717, 1.165) is 6.42 Å². The number of rotatable bonds is 1. The van der Waals surface area contributed by atoms with E-state index in [2.05, 4.69) is 36.7 Å². The van der Waals surface area contributed by atoms with Crippen LogP contribution in [0.15, 0.2) is 0 Å². The van der Waals surface area contributed by atoms with E-state index in [0.29, 0.717) is 5.41 Å². The quantitative estimate of drug-likeness (QED) is 0.568. The minimum absolute atomic E-state index is 0.127. The Morgan fingerprint density at radius 2 is 1.88 bits per heavy atom. The van der Waals surface area contributed by atoms with Gasteiger partial charge in [-0.1, -0.05) is 36.7 Å². The fourth-order valence-corrected chi connectivity index (χ4v) is 1.90. The van der Waals surface area contributed by atoms with Crippen LogP contribution in [0, 0.1) is 5.41 Å². The molecule has 0 aromatic rings. The lowest BCUT2D eigenvalue weighted by molar-refractivity contribution is 0.395. The molecule has 0 aromatic carbocycles. The van der Waals surface area contributed by atoms with Gasteiger partial charge in [-0.25, -0.2) is 0 Å². The average molecular weight is 200 g/mol. The first-order chi connectivity index (χ1) is 3.42. The van der Waals surface area contributed by atoms with Gasteiger partial charge in [0.15, 0.2) is 0 Å². The van der Waals surface area contributed by atoms with Crippen LogP contribution in [0.3, 0.4) is 0 Å². The van der Waals surface area contributed by atoms with Crippen LogP contribution in [0.2, 0.25) is 0 Å². The van der Waals surface area contributed by atoms with Gasteiger partial charge in [-0.2, -0.15) is 0 Å². The van der Waals surface area contributed by atoms with Crippen molar-refractivity contribution in [3.8, 4) is 0 Å². The van der Waals surface area contributed by atoms with E-state index in [9.17, 15) is 0 Å². The Morgan fingerprint density at radius 1 is 1.50 bits per heavy atom. The first-order valence-electron chi connectivity index (χ1n) is 2.70. The van der Waals surface area contributed by atoms with E-state index < -0.39 is 0 Å². The minimum Gasteiger partial charge on any atom is -0.110 e. The van der Waals surface area contributed by atoms with Crippen molar-refractivity contribution >= 4 is 27.5 Å². The predicted molar refractivity (Wildman–Crippen MR) is 42.6 cm³/mol. The second kappa shape index (κ2) is 3.07. The maximum absolute atomic E-state index is 5.68. The fourth-order valence-electron chi connectivity index (χ4n) is 0.463. The molecule has 0 aromatic heterocycles. The monoisotopic (exact) mass is 198 g/mol. The average Bonchev–Trinajstić information content (AvgIpc) is 1.21. The summed E-state index contributed by atoms with van der Waals surface area (Å²) in [6.07, 6.45) is 1.01. The molecule has 50 valence electrons. The van der Waals surface area contributed by atoms with Crippen LogP contribution in [-0.4, -0.2) is 4.29 Å². The Balaban J connectivity index is 3.39. The third-order valence-corrected chi connectivity index (χ3v) is 1.24. The lowest BCUT2D eigenvalue weighted by Gasteiger charge is -2.17. The second-order valence-electron chi connectivity index (χ2n) is 3.16. The van der Waals surface area contributed by atoms with Crippen molar-refractivity contribution in [2.75, 3.05) is 0 Å². The molecule has 8 heavy (non-hydrogen) atoms. The molecule has 0 amide bonds. The molecule has 0 radical (unpaired) electrons. The summed E-state index contributed by atoms with van der Waals surface area (Å²) in [6.45, 7) is 6.51. The minimum atomic E-state index is 0.127. The second-order valence-corrected chi connectivity index (χ2v) is 5.32. The first kappa shape index (κ1) is 8.77. The summed E-state index contributed by atoms with van der Waals surface area (Å²) in [5, 5.41) is 0. The van der Waals surface area contributed by atoms with E-state index in [1.54, 1.807) is 0 Å². The van der Waals surface area contributed by atoms with E-state index in [4.69, 9.17) is 11.6 Å². The van der Waals surface area contributed by atoms with Crippen LogP contribution in [0.5, 0.6) is 0 Å². The molecule has 0 heterocycles. The normalized spacial score (nSPS) is 16.1. The van der Waals surface area contributed by atoms with E-state index >= 15 is 0 Å². The number of halogens is 2. The van der Waals surface area contributed by atoms with E-state index in [-0.39, 0.29) is 4.29 Å². The Morgan fingerprint density at radius 3 is 1.88 bits per heavy atom. The molecule has 0 bridgehead atoms. The van der Waals surface area contributed by atoms with Crippen LogP contribution in [0.25, 0.3) is 0 Å². The smallest absolute Gasteiger partial charge is 0.0891 e. The van der Waals surface area contributed by atoms with Crippen LogP contribution in [-0.2, 0) is 0 Å². The molecule has 1 unspecified atom stereocenters. The maximum atomic E-state index is 5.68. The molecule has 0 spiro atoms. The van der Waals surface area contributed by atoms with Gasteiger partial charge in [0, 0.05) is 0 Å². The molecule has 0 aliphatic rings. The first-order valence-corrected chi connectivity index (χ1v) is 4.05. The third-order valence-electron chi connectivity index (χ3n) is 0.767. The zero-order chi connectivity index (χ0) is 6.78. The summed E-state index contributed by atoms with van der Waals surface area (Å²) in [5.74, 6) is 0. The summed E-state index contributed by atoms with van der Waals surface area (Å²) < 4.78 is 0.127. The number of hydrogen-bond acceptors (Lipinski definition) is 0. The molecular weight excluding hydrogens is 187 g/mol. The van der Waals surface area contributed by atoms with E-state index in [1.807, 2.05) is 0 Å². The van der Waals surface area contributed by atoms with Gasteiger partial charge in [0.25, 0.3) is 0 Å². The molecule has 0 N–H and O–H groups in total. The molecule has 0 saturated heterocycles. The summed E-state index contributed by atoms with van der Waals surface area (Å²) in [6, 6.07) is 0. The zero-order valence-electron chi connectivity index (χ0n) is 5.54. The van der Waals surface area contributed by atoms with Crippen LogP contribution < -0.4 is 0 Å². The van der Waals surface area contributed by atoms with Crippen molar-refractivity contribution in [3.05, 3.63) is 0 Å². The number of alkyl halides is 2. The highest BCUT2D eigenvalue weighted by Gasteiger charge is 2.13. The zero-order valence-corrected chi connectivity index (χ0v) is 7.88. The van der Waals surface area contributed by atoms with E-state index in [1.165, 1.54) is 0 Å². The highest BCUT2D eigenvalue weighted by Crippen LogP contribution is 2.26. The van der Waals surface area contributed by atoms with Gasteiger partial charge in [-0.05, 0) is 11.8 Å². The van der Waals surface area contributed by atoms with Crippen molar-refractivity contribution in [1.29, 1.82) is 0 Å². The SMILES string of the molecule is CC(C)(C)CC(Cl)Br. The van der Waals surface area contributed by atoms with Crippen LogP contribution in [0.1, 0.15) is 27.2 Å². The molecular formula is C6H12BrCl. The molecule has 2 heteroatoms. The summed E-state index contributed by atoms with van der Waals surface area (Å²) in [4.78, 5) is 0. The van der Waals surface area contributed by atoms with Gasteiger partial charge in [0.2, 0.25) is 0 Å². The van der Waals surface area contributed by atoms with Gasteiger partial charge in [0.05, 0.1) is 4.29 Å².